The van der Waals surface area contributed by atoms with Crippen LogP contribution in [0.3, 0.4) is 0 Å². The number of aromatic nitrogens is 2. The Balaban J connectivity index is 1.28. The molecular formula is C50H29N3. The molecule has 0 amide bonds. The van der Waals surface area contributed by atoms with Crippen molar-refractivity contribution >= 4 is 115 Å². The first kappa shape index (κ1) is 27.6. The molecule has 4 heterocycles. The summed E-state index contributed by atoms with van der Waals surface area (Å²) in [7, 11) is 0. The fourth-order valence-electron chi connectivity index (χ4n) is 9.89. The molecule has 0 unspecified atom stereocenters. The van der Waals surface area contributed by atoms with Gasteiger partial charge >= 0.3 is 0 Å². The average Bonchev–Trinajstić information content (AvgIpc) is 3.95. The predicted octanol–water partition coefficient (Wildman–Crippen LogP) is 13.8. The van der Waals surface area contributed by atoms with Gasteiger partial charge in [0.2, 0.25) is 0 Å². The molecule has 0 fully saturated rings. The lowest BCUT2D eigenvalue weighted by Crippen LogP contribution is -2.11. The van der Waals surface area contributed by atoms with Gasteiger partial charge in [0, 0.05) is 54.5 Å². The highest BCUT2D eigenvalue weighted by atomic mass is 15.2. The Kier molecular flexibility index (Phi) is 5.11. The molecule has 0 bridgehead atoms. The number of nitrogens with zero attached hydrogens (tertiary/aromatic N) is 3. The lowest BCUT2D eigenvalue weighted by atomic mass is 9.97. The molecule has 4 aromatic heterocycles. The molecule has 3 heteroatoms. The van der Waals surface area contributed by atoms with Crippen molar-refractivity contribution in [1.82, 2.24) is 8.80 Å². The van der Waals surface area contributed by atoms with E-state index >= 15 is 0 Å². The first-order chi connectivity index (χ1) is 26.3. The van der Waals surface area contributed by atoms with Crippen LogP contribution in [0.5, 0.6) is 0 Å². The number of benzene rings is 9. The molecule has 0 aliphatic heterocycles. The molecule has 13 rings (SSSR count). The number of anilines is 3. The van der Waals surface area contributed by atoms with Crippen molar-refractivity contribution in [2.75, 3.05) is 4.90 Å². The molecule has 0 N–H and O–H groups in total. The topological polar surface area (TPSA) is 12.1 Å². The summed E-state index contributed by atoms with van der Waals surface area (Å²) in [5.74, 6) is 0. The Morgan fingerprint density at radius 2 is 0.811 bits per heavy atom. The molecule has 53 heavy (non-hydrogen) atoms. The minimum Gasteiger partial charge on any atom is -0.308 e. The summed E-state index contributed by atoms with van der Waals surface area (Å²) < 4.78 is 5.11. The van der Waals surface area contributed by atoms with Crippen LogP contribution in [0.1, 0.15) is 0 Å². The predicted molar refractivity (Wildman–Crippen MR) is 225 cm³/mol. The van der Waals surface area contributed by atoms with E-state index in [9.17, 15) is 0 Å². The van der Waals surface area contributed by atoms with E-state index in [1.165, 1.54) is 97.7 Å². The summed E-state index contributed by atoms with van der Waals surface area (Å²) in [5, 5.41) is 15.6. The van der Waals surface area contributed by atoms with Crippen LogP contribution in [0, 0.1) is 0 Å². The van der Waals surface area contributed by atoms with Crippen molar-refractivity contribution in [3.05, 3.63) is 176 Å². The quantitative estimate of drug-likeness (QED) is 0.182. The summed E-state index contributed by atoms with van der Waals surface area (Å²) in [6.07, 6.45) is 0. The lowest BCUT2D eigenvalue weighted by molar-refractivity contribution is 1.27. The largest absolute Gasteiger partial charge is 0.308 e. The smallest absolute Gasteiger partial charge is 0.0789 e. The Morgan fingerprint density at radius 3 is 1.51 bits per heavy atom. The maximum Gasteiger partial charge on any atom is 0.0789 e. The Bertz CT molecular complexity index is 3570. The van der Waals surface area contributed by atoms with Crippen LogP contribution in [-0.2, 0) is 0 Å². The van der Waals surface area contributed by atoms with Crippen molar-refractivity contribution in [2.45, 2.75) is 0 Å². The summed E-state index contributed by atoms with van der Waals surface area (Å²) in [6.45, 7) is 0. The first-order valence-electron chi connectivity index (χ1n) is 18.4. The minimum absolute atomic E-state index is 1.13. The van der Waals surface area contributed by atoms with Gasteiger partial charge in [-0.05, 0) is 76.1 Å². The van der Waals surface area contributed by atoms with Gasteiger partial charge in [-0.3, -0.25) is 0 Å². The molecule has 0 aliphatic carbocycles. The highest BCUT2D eigenvalue weighted by Crippen LogP contribution is 2.51. The van der Waals surface area contributed by atoms with Gasteiger partial charge < -0.3 is 13.7 Å². The molecule has 0 saturated heterocycles. The summed E-state index contributed by atoms with van der Waals surface area (Å²) >= 11 is 0. The summed E-state index contributed by atoms with van der Waals surface area (Å²) in [5.41, 5.74) is 11.0. The van der Waals surface area contributed by atoms with E-state index < -0.39 is 0 Å². The third-order valence-corrected chi connectivity index (χ3v) is 11.9. The highest BCUT2D eigenvalue weighted by Gasteiger charge is 2.28. The van der Waals surface area contributed by atoms with Gasteiger partial charge in [0.05, 0.1) is 38.8 Å². The fourth-order valence-corrected chi connectivity index (χ4v) is 9.89. The van der Waals surface area contributed by atoms with E-state index in [0.717, 1.165) is 17.1 Å². The zero-order chi connectivity index (χ0) is 34.4. The van der Waals surface area contributed by atoms with Crippen LogP contribution in [0.4, 0.5) is 17.1 Å². The molecule has 13 aromatic rings. The zero-order valence-electron chi connectivity index (χ0n) is 28.6. The van der Waals surface area contributed by atoms with Crippen molar-refractivity contribution in [3.63, 3.8) is 0 Å². The third kappa shape index (κ3) is 3.36. The number of hydrogen-bond acceptors (Lipinski definition) is 1. The molecule has 0 spiro atoms. The molecule has 0 atom stereocenters. The van der Waals surface area contributed by atoms with Crippen LogP contribution < -0.4 is 4.90 Å². The van der Waals surface area contributed by atoms with Gasteiger partial charge in [0.25, 0.3) is 0 Å². The number of hydrogen-bond donors (Lipinski definition) is 0. The Hall–Kier alpha value is -7.10. The molecule has 0 aliphatic rings. The maximum atomic E-state index is 2.58. The summed E-state index contributed by atoms with van der Waals surface area (Å²) in [6, 6.07) is 64.9. The van der Waals surface area contributed by atoms with E-state index in [2.05, 4.69) is 190 Å². The van der Waals surface area contributed by atoms with Gasteiger partial charge in [-0.2, -0.15) is 0 Å². The standard InChI is InChI=1S/C50H29N3/c1-3-16-32(17-4-1)51(33-18-5-2-6-19-33)43-29-31-15-8-10-21-35(31)45-37-23-13-24-38-46-42(53(48(37)38)50(43)45)27-26-41-47(46)39-28-30-14-7-9-20-34(30)44-36-22-11-12-25-40(36)52(41)49(39)44/h1-29H. The van der Waals surface area contributed by atoms with Crippen molar-refractivity contribution in [2.24, 2.45) is 0 Å². The van der Waals surface area contributed by atoms with Crippen LogP contribution in [0.15, 0.2) is 176 Å². The van der Waals surface area contributed by atoms with E-state index in [0.29, 0.717) is 0 Å². The van der Waals surface area contributed by atoms with Crippen molar-refractivity contribution < 1.29 is 0 Å². The van der Waals surface area contributed by atoms with Gasteiger partial charge in [-0.1, -0.05) is 121 Å². The normalized spacial score (nSPS) is 12.5. The SMILES string of the molecule is c1ccc(N(c2ccccc2)c2cc3ccccc3c3c4cccc5c6c7c8cc9ccccc9c9c%10ccccc%10n(c7ccc6n(c23)c54)c89)cc1. The molecule has 0 radical (unpaired) electrons. The molecule has 244 valence electrons. The summed E-state index contributed by atoms with van der Waals surface area (Å²) in [4.78, 5) is 2.44. The highest BCUT2D eigenvalue weighted by molar-refractivity contribution is 6.39. The van der Waals surface area contributed by atoms with Crippen LogP contribution in [0.25, 0.3) is 97.7 Å². The van der Waals surface area contributed by atoms with Crippen molar-refractivity contribution in [3.8, 4) is 0 Å². The minimum atomic E-state index is 1.13. The second-order valence-corrected chi connectivity index (χ2v) is 14.5. The number of para-hydroxylation sites is 4. The van der Waals surface area contributed by atoms with Gasteiger partial charge in [0.15, 0.2) is 0 Å². The second-order valence-electron chi connectivity index (χ2n) is 14.5. The van der Waals surface area contributed by atoms with E-state index in [4.69, 9.17) is 0 Å². The van der Waals surface area contributed by atoms with Gasteiger partial charge in [0.1, 0.15) is 0 Å². The van der Waals surface area contributed by atoms with E-state index in [-0.39, 0.29) is 0 Å². The molecular weight excluding hydrogens is 643 g/mol. The monoisotopic (exact) mass is 671 g/mol. The Morgan fingerprint density at radius 1 is 0.302 bits per heavy atom. The number of rotatable bonds is 3. The zero-order valence-corrected chi connectivity index (χ0v) is 28.6. The Labute approximate surface area is 303 Å². The molecule has 3 nitrogen and oxygen atoms in total. The van der Waals surface area contributed by atoms with Crippen LogP contribution in [0.2, 0.25) is 0 Å². The van der Waals surface area contributed by atoms with Crippen LogP contribution >= 0.6 is 0 Å². The van der Waals surface area contributed by atoms with Crippen molar-refractivity contribution in [1.29, 1.82) is 0 Å². The third-order valence-electron chi connectivity index (χ3n) is 11.9. The number of fused-ring (bicyclic) bond motifs is 17. The average molecular weight is 672 g/mol. The van der Waals surface area contributed by atoms with Gasteiger partial charge in [-0.15, -0.1) is 0 Å². The fraction of sp³-hybridized carbons (Fsp3) is 0. The molecule has 9 aromatic carbocycles. The first-order valence-corrected chi connectivity index (χ1v) is 18.4. The van der Waals surface area contributed by atoms with Crippen LogP contribution in [-0.4, -0.2) is 8.80 Å². The second kappa shape index (κ2) is 9.81. The van der Waals surface area contributed by atoms with E-state index in [1.807, 2.05) is 0 Å². The van der Waals surface area contributed by atoms with E-state index in [1.54, 1.807) is 0 Å². The maximum absolute atomic E-state index is 2.58. The van der Waals surface area contributed by atoms with Gasteiger partial charge in [-0.25, -0.2) is 0 Å². The lowest BCUT2D eigenvalue weighted by Gasteiger charge is -2.27. The molecule has 0 saturated carbocycles.